The SMILES string of the molecule is CSCC[C@H](N)C(=O)NC(C)c1sc(-c2ccc(C)cc2)nc1C. The second kappa shape index (κ2) is 8.65. The maximum Gasteiger partial charge on any atom is 0.237 e. The molecule has 3 N–H and O–H groups in total. The Hall–Kier alpha value is -1.37. The highest BCUT2D eigenvalue weighted by Gasteiger charge is 2.20. The van der Waals surface area contributed by atoms with E-state index >= 15 is 0 Å². The number of nitrogens with zero attached hydrogens (tertiary/aromatic N) is 1. The topological polar surface area (TPSA) is 68.0 Å². The van der Waals surface area contributed by atoms with Crippen LogP contribution in [0.15, 0.2) is 24.3 Å². The first kappa shape index (κ1) is 19.0. The van der Waals surface area contributed by atoms with Gasteiger partial charge in [0.05, 0.1) is 22.7 Å². The van der Waals surface area contributed by atoms with Crippen molar-refractivity contribution in [1.82, 2.24) is 10.3 Å². The molecule has 0 spiro atoms. The Kier molecular flexibility index (Phi) is 6.83. The van der Waals surface area contributed by atoms with Gasteiger partial charge in [-0.2, -0.15) is 11.8 Å². The zero-order chi connectivity index (χ0) is 17.7. The summed E-state index contributed by atoms with van der Waals surface area (Å²) >= 11 is 3.33. The highest BCUT2D eigenvalue weighted by molar-refractivity contribution is 7.98. The molecule has 2 rings (SSSR count). The molecule has 2 aromatic rings. The van der Waals surface area contributed by atoms with E-state index in [1.54, 1.807) is 23.1 Å². The van der Waals surface area contributed by atoms with Crippen LogP contribution in [-0.4, -0.2) is 28.9 Å². The van der Waals surface area contributed by atoms with E-state index in [0.717, 1.165) is 26.9 Å². The van der Waals surface area contributed by atoms with Gasteiger partial charge in [-0.05, 0) is 39.2 Å². The number of carbonyl (C=O) groups is 1. The molecule has 0 radical (unpaired) electrons. The number of thiazole rings is 1. The molecule has 0 bridgehead atoms. The molecule has 0 fully saturated rings. The van der Waals surface area contributed by atoms with Gasteiger partial charge in [0, 0.05) is 5.56 Å². The summed E-state index contributed by atoms with van der Waals surface area (Å²) in [6.07, 6.45) is 2.70. The predicted molar refractivity (Wildman–Crippen MR) is 105 cm³/mol. The molecule has 1 amide bonds. The summed E-state index contributed by atoms with van der Waals surface area (Å²) < 4.78 is 0. The van der Waals surface area contributed by atoms with Gasteiger partial charge in [0.1, 0.15) is 5.01 Å². The van der Waals surface area contributed by atoms with Gasteiger partial charge in [0.2, 0.25) is 5.91 Å². The van der Waals surface area contributed by atoms with Crippen LogP contribution < -0.4 is 11.1 Å². The normalized spacial score (nSPS) is 13.5. The first-order chi connectivity index (χ1) is 11.4. The van der Waals surface area contributed by atoms with Crippen LogP contribution in [0.3, 0.4) is 0 Å². The van der Waals surface area contributed by atoms with Crippen molar-refractivity contribution in [1.29, 1.82) is 0 Å². The zero-order valence-corrected chi connectivity index (χ0v) is 16.3. The molecule has 1 heterocycles. The molecule has 24 heavy (non-hydrogen) atoms. The van der Waals surface area contributed by atoms with Gasteiger partial charge >= 0.3 is 0 Å². The van der Waals surface area contributed by atoms with Crippen LogP contribution >= 0.6 is 23.1 Å². The number of carbonyl (C=O) groups excluding carboxylic acids is 1. The lowest BCUT2D eigenvalue weighted by molar-refractivity contribution is -0.123. The minimum atomic E-state index is -0.454. The number of nitrogens with two attached hydrogens (primary N) is 1. The lowest BCUT2D eigenvalue weighted by Crippen LogP contribution is -2.41. The Bertz CT molecular complexity index is 682. The van der Waals surface area contributed by atoms with E-state index in [-0.39, 0.29) is 11.9 Å². The number of amides is 1. The first-order valence-corrected chi connectivity index (χ1v) is 10.2. The van der Waals surface area contributed by atoms with Crippen LogP contribution in [0.4, 0.5) is 0 Å². The summed E-state index contributed by atoms with van der Waals surface area (Å²) in [6.45, 7) is 6.04. The smallest absolute Gasteiger partial charge is 0.237 e. The molecule has 2 atom stereocenters. The average Bonchev–Trinajstić information content (AvgIpc) is 2.95. The molecule has 0 saturated carbocycles. The van der Waals surface area contributed by atoms with Crippen molar-refractivity contribution >= 4 is 29.0 Å². The largest absolute Gasteiger partial charge is 0.347 e. The van der Waals surface area contributed by atoms with Gasteiger partial charge in [-0.1, -0.05) is 29.8 Å². The van der Waals surface area contributed by atoms with Gasteiger partial charge in [-0.25, -0.2) is 4.98 Å². The van der Waals surface area contributed by atoms with E-state index in [1.807, 2.05) is 20.1 Å². The molecule has 0 aliphatic rings. The number of nitrogens with one attached hydrogen (secondary N) is 1. The molecule has 0 aliphatic carbocycles. The summed E-state index contributed by atoms with van der Waals surface area (Å²) in [6, 6.07) is 7.79. The highest BCUT2D eigenvalue weighted by Crippen LogP contribution is 2.31. The Balaban J connectivity index is 2.08. The minimum absolute atomic E-state index is 0.0884. The molecule has 1 aromatic heterocycles. The third-order valence-electron chi connectivity index (χ3n) is 3.85. The summed E-state index contributed by atoms with van der Waals surface area (Å²) in [5.41, 5.74) is 9.24. The Morgan fingerprint density at radius 1 is 1.33 bits per heavy atom. The van der Waals surface area contributed by atoms with E-state index in [9.17, 15) is 4.79 Å². The number of aromatic nitrogens is 1. The molecule has 0 aliphatic heterocycles. The number of thioether (sulfide) groups is 1. The quantitative estimate of drug-likeness (QED) is 0.787. The fraction of sp³-hybridized carbons (Fsp3) is 0.444. The van der Waals surface area contributed by atoms with Crippen LogP contribution in [0.1, 0.15) is 35.5 Å². The van der Waals surface area contributed by atoms with Gasteiger partial charge in [-0.3, -0.25) is 4.79 Å². The van der Waals surface area contributed by atoms with Crippen molar-refractivity contribution in [3.8, 4) is 10.6 Å². The third-order valence-corrected chi connectivity index (χ3v) is 5.89. The summed E-state index contributed by atoms with van der Waals surface area (Å²) in [4.78, 5) is 17.9. The maximum absolute atomic E-state index is 12.2. The Morgan fingerprint density at radius 2 is 2.00 bits per heavy atom. The molecule has 4 nitrogen and oxygen atoms in total. The predicted octanol–water partition coefficient (Wildman–Crippen LogP) is 3.68. The average molecular weight is 364 g/mol. The molecule has 130 valence electrons. The van der Waals surface area contributed by atoms with Crippen LogP contribution in [0, 0.1) is 13.8 Å². The van der Waals surface area contributed by atoms with Crippen molar-refractivity contribution in [3.63, 3.8) is 0 Å². The second-order valence-electron chi connectivity index (χ2n) is 5.95. The van der Waals surface area contributed by atoms with Gasteiger partial charge < -0.3 is 11.1 Å². The fourth-order valence-corrected chi connectivity index (χ4v) is 3.95. The van der Waals surface area contributed by atoms with Crippen LogP contribution in [-0.2, 0) is 4.79 Å². The van der Waals surface area contributed by atoms with Crippen molar-refractivity contribution in [2.75, 3.05) is 12.0 Å². The molecule has 0 saturated heterocycles. The van der Waals surface area contributed by atoms with Crippen LogP contribution in [0.2, 0.25) is 0 Å². The van der Waals surface area contributed by atoms with Crippen LogP contribution in [0.25, 0.3) is 10.6 Å². The van der Waals surface area contributed by atoms with Crippen molar-refractivity contribution < 1.29 is 4.79 Å². The lowest BCUT2D eigenvalue weighted by Gasteiger charge is -2.16. The van der Waals surface area contributed by atoms with E-state index in [4.69, 9.17) is 5.73 Å². The number of hydrogen-bond acceptors (Lipinski definition) is 5. The highest BCUT2D eigenvalue weighted by atomic mass is 32.2. The van der Waals surface area contributed by atoms with Crippen molar-refractivity contribution in [2.45, 2.75) is 39.3 Å². The maximum atomic E-state index is 12.2. The molecular formula is C18H25N3OS2. The zero-order valence-electron chi connectivity index (χ0n) is 14.6. The van der Waals surface area contributed by atoms with E-state index in [0.29, 0.717) is 6.42 Å². The molecule has 6 heteroatoms. The molecular weight excluding hydrogens is 338 g/mol. The van der Waals surface area contributed by atoms with Crippen molar-refractivity contribution in [2.24, 2.45) is 5.73 Å². The second-order valence-corrected chi connectivity index (χ2v) is 7.97. The summed E-state index contributed by atoms with van der Waals surface area (Å²) in [7, 11) is 0. The lowest BCUT2D eigenvalue weighted by atomic mass is 10.1. The van der Waals surface area contributed by atoms with Gasteiger partial charge in [0.15, 0.2) is 0 Å². The standard InChI is InChI=1S/C18H25N3OS2/c1-11-5-7-14(8-6-11)18-21-13(3)16(24-18)12(2)20-17(22)15(19)9-10-23-4/h5-8,12,15H,9-10,19H2,1-4H3,(H,20,22)/t12?,15-/m0/s1. The monoisotopic (exact) mass is 363 g/mol. The number of benzene rings is 1. The minimum Gasteiger partial charge on any atom is -0.347 e. The molecule has 1 unspecified atom stereocenters. The Morgan fingerprint density at radius 3 is 2.62 bits per heavy atom. The van der Waals surface area contributed by atoms with Gasteiger partial charge in [-0.15, -0.1) is 11.3 Å². The first-order valence-electron chi connectivity index (χ1n) is 8.01. The van der Waals surface area contributed by atoms with Gasteiger partial charge in [0.25, 0.3) is 0 Å². The van der Waals surface area contributed by atoms with Crippen molar-refractivity contribution in [3.05, 3.63) is 40.4 Å². The van der Waals surface area contributed by atoms with E-state index < -0.39 is 6.04 Å². The third kappa shape index (κ3) is 4.82. The Labute approximate surface area is 152 Å². The van der Waals surface area contributed by atoms with Crippen LogP contribution in [0.5, 0.6) is 0 Å². The fourth-order valence-electron chi connectivity index (χ4n) is 2.39. The van der Waals surface area contributed by atoms with E-state index in [2.05, 4.69) is 41.5 Å². The summed E-state index contributed by atoms with van der Waals surface area (Å²) in [5, 5.41) is 4.00. The molecule has 1 aromatic carbocycles. The number of hydrogen-bond donors (Lipinski definition) is 2. The number of aryl methyl sites for hydroxylation is 2. The number of rotatable bonds is 7. The summed E-state index contributed by atoms with van der Waals surface area (Å²) in [5.74, 6) is 0.793. The van der Waals surface area contributed by atoms with E-state index in [1.165, 1.54) is 5.56 Å².